The number of nitrogens with one attached hydrogen (secondary N) is 1. The molecule has 1 aromatic heterocycles. The van der Waals surface area contributed by atoms with Crippen molar-refractivity contribution in [2.24, 2.45) is 5.73 Å². The lowest BCUT2D eigenvalue weighted by Crippen LogP contribution is -2.32. The molecule has 12 heteroatoms. The molecule has 1 unspecified atom stereocenters. The molecule has 3 heterocycles. The number of anilines is 2. The van der Waals surface area contributed by atoms with E-state index in [1.54, 1.807) is 6.07 Å². The Morgan fingerprint density at radius 2 is 2.23 bits per heavy atom. The van der Waals surface area contributed by atoms with E-state index in [-0.39, 0.29) is 11.5 Å². The SMILES string of the molecule is COC1=C(COF)O[C@@H](n2cc3c(nc2=O)Nc2c(OCCN)cccc2S3)C1F. The van der Waals surface area contributed by atoms with Crippen molar-refractivity contribution in [3.8, 4) is 5.75 Å². The minimum absolute atomic E-state index is 0.167. The van der Waals surface area contributed by atoms with E-state index in [2.05, 4.69) is 15.2 Å². The van der Waals surface area contributed by atoms with Crippen molar-refractivity contribution in [3.05, 3.63) is 46.4 Å². The van der Waals surface area contributed by atoms with Crippen LogP contribution in [0.25, 0.3) is 0 Å². The number of methoxy groups -OCH3 is 1. The number of rotatable bonds is 7. The summed E-state index contributed by atoms with van der Waals surface area (Å²) in [6, 6.07) is 5.47. The zero-order valence-electron chi connectivity index (χ0n) is 15.8. The molecule has 2 aromatic rings. The maximum Gasteiger partial charge on any atom is 0.352 e. The monoisotopic (exact) mass is 440 g/mol. The van der Waals surface area contributed by atoms with Crippen LogP contribution in [0.5, 0.6) is 5.75 Å². The van der Waals surface area contributed by atoms with Gasteiger partial charge in [0.1, 0.15) is 19.0 Å². The number of ether oxygens (including phenoxy) is 3. The lowest BCUT2D eigenvalue weighted by Gasteiger charge is -2.24. The van der Waals surface area contributed by atoms with Gasteiger partial charge in [-0.15, -0.1) is 0 Å². The molecular formula is C18H18F2N4O5S. The van der Waals surface area contributed by atoms with Gasteiger partial charge in [0, 0.05) is 17.6 Å². The maximum absolute atomic E-state index is 14.8. The molecule has 0 amide bonds. The molecule has 0 radical (unpaired) electrons. The Morgan fingerprint density at radius 1 is 1.40 bits per heavy atom. The fraction of sp³-hybridized carbons (Fsp3) is 0.333. The van der Waals surface area contributed by atoms with Gasteiger partial charge in [0.25, 0.3) is 0 Å². The van der Waals surface area contributed by atoms with E-state index in [4.69, 9.17) is 19.9 Å². The first-order valence-corrected chi connectivity index (χ1v) is 9.74. The molecule has 0 saturated carbocycles. The number of para-hydroxylation sites is 1. The largest absolute Gasteiger partial charge is 0.494 e. The van der Waals surface area contributed by atoms with E-state index in [0.29, 0.717) is 35.3 Å². The Labute approximate surface area is 173 Å². The molecule has 160 valence electrons. The summed E-state index contributed by atoms with van der Waals surface area (Å²) in [4.78, 5) is 21.5. The molecule has 0 fully saturated rings. The first-order valence-electron chi connectivity index (χ1n) is 8.92. The summed E-state index contributed by atoms with van der Waals surface area (Å²) in [6.45, 7) is 0.0545. The number of benzene rings is 1. The summed E-state index contributed by atoms with van der Waals surface area (Å²) in [5.41, 5.74) is 5.41. The summed E-state index contributed by atoms with van der Waals surface area (Å²) in [7, 11) is 1.22. The van der Waals surface area contributed by atoms with Crippen LogP contribution in [0.2, 0.25) is 0 Å². The van der Waals surface area contributed by atoms with Crippen LogP contribution in [0.3, 0.4) is 0 Å². The molecule has 0 aliphatic carbocycles. The molecule has 2 aliphatic heterocycles. The van der Waals surface area contributed by atoms with Gasteiger partial charge in [-0.3, -0.25) is 4.57 Å². The third-order valence-corrected chi connectivity index (χ3v) is 5.54. The molecule has 4 rings (SSSR count). The van der Waals surface area contributed by atoms with Crippen LogP contribution in [-0.4, -0.2) is 42.6 Å². The summed E-state index contributed by atoms with van der Waals surface area (Å²) in [5.74, 6) is 0.480. The molecular weight excluding hydrogens is 422 g/mol. The smallest absolute Gasteiger partial charge is 0.352 e. The number of nitrogens with two attached hydrogens (primary N) is 1. The highest BCUT2D eigenvalue weighted by atomic mass is 32.2. The van der Waals surface area contributed by atoms with Crippen LogP contribution in [-0.2, 0) is 14.4 Å². The average molecular weight is 440 g/mol. The maximum atomic E-state index is 14.8. The van der Waals surface area contributed by atoms with Gasteiger partial charge in [0.05, 0.1) is 17.7 Å². The third kappa shape index (κ3) is 3.57. The van der Waals surface area contributed by atoms with E-state index in [9.17, 15) is 13.7 Å². The Morgan fingerprint density at radius 3 is 2.97 bits per heavy atom. The second-order valence-electron chi connectivity index (χ2n) is 6.29. The summed E-state index contributed by atoms with van der Waals surface area (Å²) >= 11 is 1.33. The first-order chi connectivity index (χ1) is 14.6. The average Bonchev–Trinajstić information content (AvgIpc) is 3.05. The van der Waals surface area contributed by atoms with Crippen molar-refractivity contribution in [2.75, 3.05) is 32.2 Å². The van der Waals surface area contributed by atoms with Crippen molar-refractivity contribution in [1.82, 2.24) is 9.55 Å². The number of nitrogens with zero attached hydrogens (tertiary/aromatic N) is 2. The Balaban J connectivity index is 1.65. The van der Waals surface area contributed by atoms with Gasteiger partial charge >= 0.3 is 5.69 Å². The quantitative estimate of drug-likeness (QED) is 0.572. The zero-order chi connectivity index (χ0) is 21.3. The van der Waals surface area contributed by atoms with E-state index < -0.39 is 24.7 Å². The van der Waals surface area contributed by atoms with Gasteiger partial charge in [0.15, 0.2) is 17.3 Å². The van der Waals surface area contributed by atoms with E-state index in [0.717, 1.165) is 9.46 Å². The number of aromatic nitrogens is 2. The van der Waals surface area contributed by atoms with Crippen LogP contribution in [0.4, 0.5) is 20.4 Å². The Bertz CT molecular complexity index is 1050. The lowest BCUT2D eigenvalue weighted by atomic mass is 10.2. The highest BCUT2D eigenvalue weighted by molar-refractivity contribution is 7.99. The second kappa shape index (κ2) is 8.50. The van der Waals surface area contributed by atoms with E-state index >= 15 is 0 Å². The second-order valence-corrected chi connectivity index (χ2v) is 7.38. The van der Waals surface area contributed by atoms with Crippen molar-refractivity contribution in [1.29, 1.82) is 0 Å². The molecule has 0 bridgehead atoms. The van der Waals surface area contributed by atoms with Gasteiger partial charge in [-0.1, -0.05) is 17.8 Å². The first kappa shape index (κ1) is 20.4. The summed E-state index contributed by atoms with van der Waals surface area (Å²) in [6.07, 6.45) is -1.79. The highest BCUT2D eigenvalue weighted by Crippen LogP contribution is 2.47. The topological polar surface area (TPSA) is 110 Å². The standard InChI is InChI=1S/C18H18F2N4O5S/c1-26-15-10(8-28-20)29-17(13(15)19)24-7-12-16(23-18(24)25)22-14-9(27-6-5-21)3-2-4-11(14)30-12/h2-4,7,13,17H,5-6,8,21H2,1H3,(H,22,23,25)/t13?,17-/m1/s1. The number of halogens is 2. The van der Waals surface area contributed by atoms with Gasteiger partial charge in [-0.05, 0) is 16.7 Å². The van der Waals surface area contributed by atoms with E-state index in [1.807, 2.05) is 12.1 Å². The van der Waals surface area contributed by atoms with Crippen LogP contribution in [0.15, 0.2) is 50.5 Å². The van der Waals surface area contributed by atoms with Crippen molar-refractivity contribution >= 4 is 23.3 Å². The van der Waals surface area contributed by atoms with Crippen molar-refractivity contribution < 1.29 is 28.1 Å². The molecule has 0 saturated heterocycles. The molecule has 0 spiro atoms. The third-order valence-electron chi connectivity index (χ3n) is 4.46. The number of hydrogen-bond donors (Lipinski definition) is 2. The van der Waals surface area contributed by atoms with Crippen LogP contribution >= 0.6 is 11.8 Å². The van der Waals surface area contributed by atoms with Gasteiger partial charge in [0.2, 0.25) is 12.4 Å². The molecule has 9 nitrogen and oxygen atoms in total. The highest BCUT2D eigenvalue weighted by Gasteiger charge is 2.41. The normalized spacial score (nSPS) is 19.6. The minimum Gasteiger partial charge on any atom is -0.494 e. The van der Waals surface area contributed by atoms with Crippen molar-refractivity contribution in [2.45, 2.75) is 22.2 Å². The lowest BCUT2D eigenvalue weighted by molar-refractivity contribution is -0.136. The van der Waals surface area contributed by atoms with Gasteiger partial charge < -0.3 is 25.3 Å². The van der Waals surface area contributed by atoms with E-state index in [1.165, 1.54) is 25.1 Å². The zero-order valence-corrected chi connectivity index (χ0v) is 16.6. The van der Waals surface area contributed by atoms with Crippen molar-refractivity contribution in [3.63, 3.8) is 0 Å². The Hall–Kier alpha value is -2.83. The number of hydrogen-bond acceptors (Lipinski definition) is 9. The Kier molecular flexibility index (Phi) is 5.79. The van der Waals surface area contributed by atoms with Crippen LogP contribution < -0.4 is 21.5 Å². The van der Waals surface area contributed by atoms with Crippen LogP contribution in [0.1, 0.15) is 6.23 Å². The summed E-state index contributed by atoms with van der Waals surface area (Å²) < 4.78 is 44.0. The van der Waals surface area contributed by atoms with Crippen LogP contribution in [0, 0.1) is 0 Å². The molecule has 3 N–H and O–H groups in total. The predicted octanol–water partition coefficient (Wildman–Crippen LogP) is 2.42. The minimum atomic E-state index is -1.83. The molecule has 1 aromatic carbocycles. The summed E-state index contributed by atoms with van der Waals surface area (Å²) in [5, 5.41) is 3.09. The fourth-order valence-electron chi connectivity index (χ4n) is 3.17. The predicted molar refractivity (Wildman–Crippen MR) is 103 cm³/mol. The fourth-order valence-corrected chi connectivity index (χ4v) is 4.17. The number of alkyl halides is 1. The molecule has 2 aliphatic rings. The number of fused-ring (bicyclic) bond motifs is 2. The molecule has 30 heavy (non-hydrogen) atoms. The van der Waals surface area contributed by atoms with Gasteiger partial charge in [-0.2, -0.15) is 9.93 Å². The van der Waals surface area contributed by atoms with Gasteiger partial charge in [-0.25, -0.2) is 9.18 Å². The molecule has 2 atom stereocenters.